The Hall–Kier alpha value is -0.763. The fourth-order valence-corrected chi connectivity index (χ4v) is 1.85. The van der Waals surface area contributed by atoms with Gasteiger partial charge < -0.3 is 4.43 Å². The molecule has 0 saturated heterocycles. The molecule has 1 rings (SSSR count). The molecule has 0 heterocycles. The van der Waals surface area contributed by atoms with Gasteiger partial charge in [0.1, 0.15) is 5.75 Å². The minimum atomic E-state index is -1.68. The van der Waals surface area contributed by atoms with Gasteiger partial charge >= 0.3 is 0 Å². The Morgan fingerprint density at radius 1 is 1.21 bits per heavy atom. The molecule has 0 aliphatic rings. The van der Waals surface area contributed by atoms with E-state index in [4.69, 9.17) is 4.43 Å². The van der Waals surface area contributed by atoms with E-state index < -0.39 is 8.32 Å². The largest absolute Gasteiger partial charge is 0.543 e. The number of hydrogen-bond acceptors (Lipinski definition) is 1. The Balaban J connectivity index is 2.79. The molecule has 0 aliphatic heterocycles. The van der Waals surface area contributed by atoms with Gasteiger partial charge in [-0.15, -0.1) is 0 Å². The van der Waals surface area contributed by atoms with Crippen molar-refractivity contribution in [2.75, 3.05) is 0 Å². The van der Waals surface area contributed by atoms with E-state index in [-0.39, 0.29) is 5.04 Å². The second kappa shape index (κ2) is 3.77. The Kier molecular flexibility index (Phi) is 3.05. The van der Waals surface area contributed by atoms with Gasteiger partial charge in [-0.2, -0.15) is 0 Å². The van der Waals surface area contributed by atoms with Crippen molar-refractivity contribution in [1.82, 2.24) is 0 Å². The van der Waals surface area contributed by atoms with Gasteiger partial charge in [0.2, 0.25) is 0 Å². The Labute approximate surface area is 88.2 Å². The van der Waals surface area contributed by atoms with Crippen molar-refractivity contribution < 1.29 is 4.43 Å². The zero-order valence-electron chi connectivity index (χ0n) is 9.72. The molecule has 1 radical (unpaired) electrons. The minimum Gasteiger partial charge on any atom is -0.543 e. The molecule has 0 aliphatic carbocycles. The minimum absolute atomic E-state index is 0.247. The third kappa shape index (κ3) is 2.61. The third-order valence-corrected chi connectivity index (χ3v) is 7.19. The average Bonchev–Trinajstić information content (AvgIpc) is 2.03. The van der Waals surface area contributed by atoms with Crippen LogP contribution in [-0.2, 0) is 0 Å². The van der Waals surface area contributed by atoms with Crippen molar-refractivity contribution in [2.24, 2.45) is 0 Å². The van der Waals surface area contributed by atoms with Gasteiger partial charge in [-0.1, -0.05) is 39.0 Å². The van der Waals surface area contributed by atoms with Gasteiger partial charge in [0.05, 0.1) is 0 Å². The summed E-state index contributed by atoms with van der Waals surface area (Å²) in [7, 11) is -1.68. The summed E-state index contributed by atoms with van der Waals surface area (Å²) in [5.41, 5.74) is 0. The van der Waals surface area contributed by atoms with Crippen LogP contribution >= 0.6 is 0 Å². The summed E-state index contributed by atoms with van der Waals surface area (Å²) >= 11 is 0. The van der Waals surface area contributed by atoms with E-state index in [0.717, 1.165) is 5.75 Å². The maximum Gasteiger partial charge on any atom is 0.250 e. The smallest absolute Gasteiger partial charge is 0.250 e. The molecule has 0 N–H and O–H groups in total. The van der Waals surface area contributed by atoms with Crippen molar-refractivity contribution in [1.29, 1.82) is 0 Å². The van der Waals surface area contributed by atoms with Gasteiger partial charge in [-0.3, -0.25) is 0 Å². The maximum atomic E-state index is 6.05. The topological polar surface area (TPSA) is 9.23 Å². The van der Waals surface area contributed by atoms with Crippen molar-refractivity contribution in [3.8, 4) is 5.75 Å². The van der Waals surface area contributed by atoms with E-state index in [1.807, 2.05) is 24.3 Å². The predicted octanol–water partition coefficient (Wildman–Crippen LogP) is 3.87. The zero-order valence-corrected chi connectivity index (χ0v) is 10.7. The molecule has 0 saturated carbocycles. The number of para-hydroxylation sites is 1. The average molecular weight is 207 g/mol. The van der Waals surface area contributed by atoms with Crippen molar-refractivity contribution in [3.05, 3.63) is 30.3 Å². The highest BCUT2D eigenvalue weighted by Crippen LogP contribution is 2.36. The maximum absolute atomic E-state index is 6.05. The lowest BCUT2D eigenvalue weighted by atomic mass is 10.2. The summed E-state index contributed by atoms with van der Waals surface area (Å²) in [5.74, 6) is 0.874. The zero-order chi connectivity index (χ0) is 10.8. The molecule has 14 heavy (non-hydrogen) atoms. The number of rotatable bonds is 2. The predicted molar refractivity (Wildman–Crippen MR) is 63.1 cm³/mol. The van der Waals surface area contributed by atoms with Gasteiger partial charge in [0.15, 0.2) is 0 Å². The molecule has 0 fully saturated rings. The lowest BCUT2D eigenvalue weighted by Crippen LogP contribution is -2.43. The summed E-state index contributed by atoms with van der Waals surface area (Å²) in [4.78, 5) is 0. The van der Waals surface area contributed by atoms with Crippen LogP contribution in [0.1, 0.15) is 20.8 Å². The third-order valence-electron chi connectivity index (χ3n) is 2.85. The summed E-state index contributed by atoms with van der Waals surface area (Å²) in [6, 6.07) is 10.9. The SMILES string of the molecule is CC(C)(C)[Si](C)(C)Oc1[c]cccc1. The molecule has 0 amide bonds. The van der Waals surface area contributed by atoms with E-state index in [2.05, 4.69) is 39.9 Å². The molecule has 0 aromatic heterocycles. The molecular weight excluding hydrogens is 188 g/mol. The molecule has 0 atom stereocenters. The first kappa shape index (κ1) is 11.3. The van der Waals surface area contributed by atoms with Crippen LogP contribution in [0.4, 0.5) is 0 Å². The van der Waals surface area contributed by atoms with Crippen LogP contribution in [-0.4, -0.2) is 8.32 Å². The summed E-state index contributed by atoms with van der Waals surface area (Å²) in [5, 5.41) is 0.247. The van der Waals surface area contributed by atoms with E-state index in [1.165, 1.54) is 0 Å². The summed E-state index contributed by atoms with van der Waals surface area (Å²) in [6.07, 6.45) is 0. The molecule has 0 unspecified atom stereocenters. The van der Waals surface area contributed by atoms with Crippen LogP contribution in [0.15, 0.2) is 24.3 Å². The van der Waals surface area contributed by atoms with Crippen LogP contribution in [0, 0.1) is 6.07 Å². The highest BCUT2D eigenvalue weighted by molar-refractivity contribution is 6.74. The number of hydrogen-bond donors (Lipinski definition) is 0. The number of benzene rings is 1. The molecule has 2 heteroatoms. The van der Waals surface area contributed by atoms with Gasteiger partial charge in [-0.05, 0) is 24.2 Å². The molecule has 0 bridgehead atoms. The van der Waals surface area contributed by atoms with E-state index in [9.17, 15) is 0 Å². The first-order valence-electron chi connectivity index (χ1n) is 4.99. The van der Waals surface area contributed by atoms with E-state index in [1.54, 1.807) is 0 Å². The van der Waals surface area contributed by atoms with Crippen LogP contribution in [0.25, 0.3) is 0 Å². The van der Waals surface area contributed by atoms with Gasteiger partial charge in [-0.25, -0.2) is 0 Å². The van der Waals surface area contributed by atoms with E-state index in [0.29, 0.717) is 0 Å². The second-order valence-electron chi connectivity index (χ2n) is 5.09. The first-order chi connectivity index (χ1) is 6.33. The van der Waals surface area contributed by atoms with Crippen LogP contribution in [0.3, 0.4) is 0 Å². The quantitative estimate of drug-likeness (QED) is 0.669. The highest BCUT2D eigenvalue weighted by atomic mass is 28.4. The normalized spacial score (nSPS) is 12.6. The second-order valence-corrected chi connectivity index (χ2v) is 9.81. The van der Waals surface area contributed by atoms with Crippen molar-refractivity contribution in [2.45, 2.75) is 38.9 Å². The molecule has 1 aromatic rings. The molecule has 77 valence electrons. The molecule has 1 aromatic carbocycles. The van der Waals surface area contributed by atoms with Crippen LogP contribution in [0.2, 0.25) is 18.1 Å². The Morgan fingerprint density at radius 2 is 1.86 bits per heavy atom. The van der Waals surface area contributed by atoms with Gasteiger partial charge in [0.25, 0.3) is 8.32 Å². The first-order valence-corrected chi connectivity index (χ1v) is 7.89. The van der Waals surface area contributed by atoms with Gasteiger partial charge in [0, 0.05) is 6.07 Å². The van der Waals surface area contributed by atoms with Crippen LogP contribution in [0.5, 0.6) is 5.75 Å². The van der Waals surface area contributed by atoms with Crippen LogP contribution < -0.4 is 4.43 Å². The molecule has 1 nitrogen and oxygen atoms in total. The highest BCUT2D eigenvalue weighted by Gasteiger charge is 2.38. The fourth-order valence-electron chi connectivity index (χ4n) is 0.868. The summed E-state index contributed by atoms with van der Waals surface area (Å²) in [6.45, 7) is 11.2. The Bertz CT molecular complexity index is 285. The van der Waals surface area contributed by atoms with E-state index >= 15 is 0 Å². The van der Waals surface area contributed by atoms with Crippen molar-refractivity contribution in [3.63, 3.8) is 0 Å². The monoisotopic (exact) mass is 207 g/mol. The van der Waals surface area contributed by atoms with Crippen molar-refractivity contribution >= 4 is 8.32 Å². The molecular formula is C12H19OSi. The lowest BCUT2D eigenvalue weighted by Gasteiger charge is -2.36. The summed E-state index contributed by atoms with van der Waals surface area (Å²) < 4.78 is 6.05. The standard InChI is InChI=1S/C12H19OSi/c1-12(2,3)14(4,5)13-11-9-7-6-8-10-11/h6-9H,1-5H3. The molecule has 0 spiro atoms. The fraction of sp³-hybridized carbons (Fsp3) is 0.500. The Morgan fingerprint density at radius 3 is 2.29 bits per heavy atom. The lowest BCUT2D eigenvalue weighted by molar-refractivity contribution is 0.491.